The summed E-state index contributed by atoms with van der Waals surface area (Å²) in [6, 6.07) is 5.44. The van der Waals surface area contributed by atoms with E-state index in [1.165, 1.54) is 5.56 Å². The molecule has 1 amide bonds. The van der Waals surface area contributed by atoms with Gasteiger partial charge in [0.15, 0.2) is 0 Å². The highest BCUT2D eigenvalue weighted by Gasteiger charge is 2.21. The molecule has 2 N–H and O–H groups in total. The fourth-order valence-electron chi connectivity index (χ4n) is 2.65. The Hall–Kier alpha value is -1.55. The van der Waals surface area contributed by atoms with Crippen LogP contribution >= 0.6 is 0 Å². The lowest BCUT2D eigenvalue weighted by atomic mass is 9.97. The number of hydrogen-bond acceptors (Lipinski definition) is 3. The summed E-state index contributed by atoms with van der Waals surface area (Å²) in [5.41, 5.74) is 2.30. The second-order valence-corrected chi connectivity index (χ2v) is 5.63. The van der Waals surface area contributed by atoms with Crippen molar-refractivity contribution in [1.29, 1.82) is 0 Å². The summed E-state index contributed by atoms with van der Waals surface area (Å²) in [5, 5.41) is 12.7. The number of aromatic hydroxyl groups is 1. The van der Waals surface area contributed by atoms with Crippen molar-refractivity contribution in [1.82, 2.24) is 10.2 Å². The van der Waals surface area contributed by atoms with Crippen LogP contribution in [0.2, 0.25) is 0 Å². The first-order chi connectivity index (χ1) is 9.58. The number of benzene rings is 1. The summed E-state index contributed by atoms with van der Waals surface area (Å²) in [4.78, 5) is 14.3. The molecule has 4 heteroatoms. The summed E-state index contributed by atoms with van der Waals surface area (Å²) < 4.78 is 0. The van der Waals surface area contributed by atoms with Crippen LogP contribution in [0.15, 0.2) is 18.2 Å². The summed E-state index contributed by atoms with van der Waals surface area (Å²) in [5.74, 6) is 0.625. The van der Waals surface area contributed by atoms with Gasteiger partial charge in [-0.1, -0.05) is 13.0 Å². The van der Waals surface area contributed by atoms with Crippen molar-refractivity contribution in [3.63, 3.8) is 0 Å². The second kappa shape index (κ2) is 6.75. The molecule has 0 spiro atoms. The number of nitrogens with zero attached hydrogens (tertiary/aromatic N) is 1. The predicted octanol–water partition coefficient (Wildman–Crippen LogP) is 1.70. The summed E-state index contributed by atoms with van der Waals surface area (Å²) in [6.07, 6.45) is 1.74. The molecule has 110 valence electrons. The zero-order valence-electron chi connectivity index (χ0n) is 12.4. The van der Waals surface area contributed by atoms with Gasteiger partial charge in [-0.3, -0.25) is 4.79 Å². The highest BCUT2D eigenvalue weighted by molar-refractivity contribution is 5.78. The molecule has 1 aromatic rings. The molecule has 0 saturated carbocycles. The molecule has 1 saturated heterocycles. The summed E-state index contributed by atoms with van der Waals surface area (Å²) in [7, 11) is 0. The molecule has 20 heavy (non-hydrogen) atoms. The minimum absolute atomic E-state index is 0.0568. The standard InChI is InChI=1S/C16H24N2O2/c1-12(16(20)18-9-7-17-8-10-18)3-4-14-5-6-15(19)11-13(14)2/h5-6,11-12,17,19H,3-4,7-10H2,1-2H3. The molecule has 1 aromatic carbocycles. The lowest BCUT2D eigenvalue weighted by molar-refractivity contribution is -0.135. The zero-order valence-corrected chi connectivity index (χ0v) is 12.4. The van der Waals surface area contributed by atoms with E-state index in [-0.39, 0.29) is 11.8 Å². The van der Waals surface area contributed by atoms with E-state index in [1.807, 2.05) is 24.8 Å². The molecular weight excluding hydrogens is 252 g/mol. The van der Waals surface area contributed by atoms with E-state index in [2.05, 4.69) is 5.32 Å². The van der Waals surface area contributed by atoms with Crippen molar-refractivity contribution in [2.75, 3.05) is 26.2 Å². The van der Waals surface area contributed by atoms with E-state index in [4.69, 9.17) is 0 Å². The maximum absolute atomic E-state index is 12.3. The first-order valence-corrected chi connectivity index (χ1v) is 7.36. The maximum Gasteiger partial charge on any atom is 0.225 e. The quantitative estimate of drug-likeness (QED) is 0.880. The van der Waals surface area contributed by atoms with Gasteiger partial charge in [0.25, 0.3) is 0 Å². The third-order valence-electron chi connectivity index (χ3n) is 4.02. The van der Waals surface area contributed by atoms with Crippen molar-refractivity contribution in [2.45, 2.75) is 26.7 Å². The van der Waals surface area contributed by atoms with Crippen LogP contribution in [0.3, 0.4) is 0 Å². The van der Waals surface area contributed by atoms with E-state index < -0.39 is 0 Å². The van der Waals surface area contributed by atoms with Crippen LogP contribution in [-0.2, 0) is 11.2 Å². The second-order valence-electron chi connectivity index (χ2n) is 5.63. The van der Waals surface area contributed by atoms with Gasteiger partial charge < -0.3 is 15.3 Å². The number of piperazine rings is 1. The molecule has 0 aliphatic carbocycles. The predicted molar refractivity (Wildman–Crippen MR) is 79.8 cm³/mol. The first-order valence-electron chi connectivity index (χ1n) is 7.36. The van der Waals surface area contributed by atoms with Crippen LogP contribution in [0.4, 0.5) is 0 Å². The number of carbonyl (C=O) groups is 1. The normalized spacial score (nSPS) is 17.0. The van der Waals surface area contributed by atoms with Gasteiger partial charge in [0.05, 0.1) is 0 Å². The topological polar surface area (TPSA) is 52.6 Å². The van der Waals surface area contributed by atoms with Gasteiger partial charge in [-0.05, 0) is 43.0 Å². The van der Waals surface area contributed by atoms with Crippen molar-refractivity contribution in [2.24, 2.45) is 5.92 Å². The lowest BCUT2D eigenvalue weighted by Gasteiger charge is -2.29. The Morgan fingerprint density at radius 2 is 2.10 bits per heavy atom. The number of rotatable bonds is 4. The molecule has 0 radical (unpaired) electrons. The van der Waals surface area contributed by atoms with Gasteiger partial charge in [0.2, 0.25) is 5.91 Å². The van der Waals surface area contributed by atoms with Gasteiger partial charge in [0.1, 0.15) is 5.75 Å². The van der Waals surface area contributed by atoms with Gasteiger partial charge >= 0.3 is 0 Å². The van der Waals surface area contributed by atoms with E-state index in [9.17, 15) is 9.90 Å². The van der Waals surface area contributed by atoms with Crippen molar-refractivity contribution >= 4 is 5.91 Å². The Bertz CT molecular complexity index is 468. The van der Waals surface area contributed by atoms with Crippen LogP contribution in [-0.4, -0.2) is 42.1 Å². The largest absolute Gasteiger partial charge is 0.508 e. The maximum atomic E-state index is 12.3. The average molecular weight is 276 g/mol. The Balaban J connectivity index is 1.87. The monoisotopic (exact) mass is 276 g/mol. The van der Waals surface area contributed by atoms with Gasteiger partial charge in [-0.2, -0.15) is 0 Å². The minimum atomic E-state index is 0.0568. The van der Waals surface area contributed by atoms with E-state index in [1.54, 1.807) is 12.1 Å². The number of amides is 1. The number of nitrogens with one attached hydrogen (secondary N) is 1. The smallest absolute Gasteiger partial charge is 0.225 e. The van der Waals surface area contributed by atoms with E-state index >= 15 is 0 Å². The van der Waals surface area contributed by atoms with E-state index in [0.717, 1.165) is 44.6 Å². The highest BCUT2D eigenvalue weighted by Crippen LogP contribution is 2.19. The van der Waals surface area contributed by atoms with E-state index in [0.29, 0.717) is 5.75 Å². The SMILES string of the molecule is Cc1cc(O)ccc1CCC(C)C(=O)N1CCNCC1. The molecule has 1 unspecified atom stereocenters. The molecule has 1 fully saturated rings. The van der Waals surface area contributed by atoms with Gasteiger partial charge in [-0.25, -0.2) is 0 Å². The molecule has 1 aliphatic heterocycles. The number of aryl methyl sites for hydroxylation is 2. The van der Waals surface area contributed by atoms with Crippen LogP contribution in [0, 0.1) is 12.8 Å². The van der Waals surface area contributed by atoms with Crippen LogP contribution < -0.4 is 5.32 Å². The van der Waals surface area contributed by atoms with Gasteiger partial charge in [-0.15, -0.1) is 0 Å². The van der Waals surface area contributed by atoms with Gasteiger partial charge in [0, 0.05) is 32.1 Å². The Labute approximate surface area is 120 Å². The summed E-state index contributed by atoms with van der Waals surface area (Å²) >= 11 is 0. The Morgan fingerprint density at radius 3 is 2.75 bits per heavy atom. The van der Waals surface area contributed by atoms with Crippen LogP contribution in [0.1, 0.15) is 24.5 Å². The third kappa shape index (κ3) is 3.73. The Kier molecular flexibility index (Phi) is 5.01. The van der Waals surface area contributed by atoms with Crippen LogP contribution in [0.5, 0.6) is 5.75 Å². The average Bonchev–Trinajstić information content (AvgIpc) is 2.46. The fraction of sp³-hybridized carbons (Fsp3) is 0.562. The molecular formula is C16H24N2O2. The minimum Gasteiger partial charge on any atom is -0.508 e. The fourth-order valence-corrected chi connectivity index (χ4v) is 2.65. The molecule has 0 bridgehead atoms. The number of phenols is 1. The number of carbonyl (C=O) groups excluding carboxylic acids is 1. The number of phenolic OH excluding ortho intramolecular Hbond substituents is 1. The molecule has 0 aromatic heterocycles. The molecule has 4 nitrogen and oxygen atoms in total. The lowest BCUT2D eigenvalue weighted by Crippen LogP contribution is -2.48. The van der Waals surface area contributed by atoms with Crippen LogP contribution in [0.25, 0.3) is 0 Å². The molecule has 2 rings (SSSR count). The van der Waals surface area contributed by atoms with Crippen molar-refractivity contribution in [3.8, 4) is 5.75 Å². The molecule has 1 atom stereocenters. The Morgan fingerprint density at radius 1 is 1.40 bits per heavy atom. The summed E-state index contributed by atoms with van der Waals surface area (Å²) in [6.45, 7) is 7.45. The first kappa shape index (κ1) is 14.9. The molecule has 1 aliphatic rings. The van der Waals surface area contributed by atoms with Crippen molar-refractivity contribution in [3.05, 3.63) is 29.3 Å². The highest BCUT2D eigenvalue weighted by atomic mass is 16.3. The zero-order chi connectivity index (χ0) is 14.5. The third-order valence-corrected chi connectivity index (χ3v) is 4.02. The number of hydrogen-bond donors (Lipinski definition) is 2. The molecule has 1 heterocycles. The van der Waals surface area contributed by atoms with Crippen molar-refractivity contribution < 1.29 is 9.90 Å².